The van der Waals surface area contributed by atoms with E-state index in [2.05, 4.69) is 22.5 Å². The molecule has 1 heterocycles. The van der Waals surface area contributed by atoms with Gasteiger partial charge in [-0.15, -0.1) is 11.3 Å². The second kappa shape index (κ2) is 5.64. The van der Waals surface area contributed by atoms with Crippen LogP contribution in [0.4, 0.5) is 10.9 Å². The highest BCUT2D eigenvalue weighted by atomic mass is 32.1. The van der Waals surface area contributed by atoms with Gasteiger partial charge in [0.1, 0.15) is 5.82 Å². The fraction of sp³-hybridized carbons (Fsp3) is 0.154. The highest BCUT2D eigenvalue weighted by molar-refractivity contribution is 7.14. The Morgan fingerprint density at radius 2 is 2.33 bits per heavy atom. The number of rotatable bonds is 4. The van der Waals surface area contributed by atoms with Crippen molar-refractivity contribution < 1.29 is 4.79 Å². The fourth-order valence-electron chi connectivity index (χ4n) is 1.48. The van der Waals surface area contributed by atoms with Gasteiger partial charge in [0.2, 0.25) is 0 Å². The van der Waals surface area contributed by atoms with Crippen molar-refractivity contribution in [2.24, 2.45) is 0 Å². The summed E-state index contributed by atoms with van der Waals surface area (Å²) in [4.78, 5) is 16.2. The molecule has 2 aromatic rings. The number of hydrogen-bond acceptors (Lipinski definition) is 4. The van der Waals surface area contributed by atoms with Gasteiger partial charge in [0.15, 0.2) is 5.13 Å². The summed E-state index contributed by atoms with van der Waals surface area (Å²) >= 11 is 1.40. The minimum atomic E-state index is -0.169. The summed E-state index contributed by atoms with van der Waals surface area (Å²) in [5.74, 6) is 0.613. The standard InChI is InChI=1S/C13H14N3OS/c1-3-14-11-8-18-13(15-11)16-12(17)10-6-4-5-9(2)7-10/h4-8,14H,2-3H2,1H3,(H,15,16,17). The van der Waals surface area contributed by atoms with E-state index < -0.39 is 0 Å². The lowest BCUT2D eigenvalue weighted by molar-refractivity contribution is 0.102. The molecular formula is C13H14N3OS. The smallest absolute Gasteiger partial charge is 0.257 e. The first-order valence-corrected chi connectivity index (χ1v) is 6.50. The first-order chi connectivity index (χ1) is 8.69. The van der Waals surface area contributed by atoms with Gasteiger partial charge in [-0.05, 0) is 31.5 Å². The third-order valence-corrected chi connectivity index (χ3v) is 3.03. The van der Waals surface area contributed by atoms with Gasteiger partial charge in [-0.25, -0.2) is 4.98 Å². The van der Waals surface area contributed by atoms with Crippen LogP contribution in [0.15, 0.2) is 29.6 Å². The van der Waals surface area contributed by atoms with Crippen LogP contribution in [0, 0.1) is 6.92 Å². The Kier molecular flexibility index (Phi) is 3.94. The molecular weight excluding hydrogens is 246 g/mol. The molecule has 0 fully saturated rings. The van der Waals surface area contributed by atoms with Gasteiger partial charge >= 0.3 is 0 Å². The number of carbonyl (C=O) groups is 1. The normalized spacial score (nSPS) is 10.1. The molecule has 1 radical (unpaired) electrons. The second-order valence-electron chi connectivity index (χ2n) is 3.72. The summed E-state index contributed by atoms with van der Waals surface area (Å²) in [6.45, 7) is 6.60. The zero-order valence-electron chi connectivity index (χ0n) is 10.1. The van der Waals surface area contributed by atoms with Crippen LogP contribution in [-0.2, 0) is 0 Å². The lowest BCUT2D eigenvalue weighted by Crippen LogP contribution is -2.11. The molecule has 1 amide bonds. The second-order valence-corrected chi connectivity index (χ2v) is 4.58. The van der Waals surface area contributed by atoms with E-state index in [4.69, 9.17) is 0 Å². The topological polar surface area (TPSA) is 54.0 Å². The Labute approximate surface area is 110 Å². The largest absolute Gasteiger partial charge is 0.370 e. The van der Waals surface area contributed by atoms with Crippen molar-refractivity contribution in [3.63, 3.8) is 0 Å². The maximum atomic E-state index is 11.9. The summed E-state index contributed by atoms with van der Waals surface area (Å²) in [7, 11) is 0. The van der Waals surface area contributed by atoms with Crippen molar-refractivity contribution in [1.29, 1.82) is 0 Å². The first-order valence-electron chi connectivity index (χ1n) is 5.62. The first kappa shape index (κ1) is 12.6. The third kappa shape index (κ3) is 3.07. The summed E-state index contributed by atoms with van der Waals surface area (Å²) in [6.07, 6.45) is 0. The number of nitrogens with one attached hydrogen (secondary N) is 2. The Morgan fingerprint density at radius 3 is 3.06 bits per heavy atom. The molecule has 5 heteroatoms. The van der Waals surface area contributed by atoms with Crippen LogP contribution in [0.2, 0.25) is 0 Å². The Bertz CT molecular complexity index is 551. The zero-order valence-corrected chi connectivity index (χ0v) is 10.9. The summed E-state index contributed by atoms with van der Waals surface area (Å²) in [6, 6.07) is 7.16. The van der Waals surface area contributed by atoms with Crippen LogP contribution < -0.4 is 10.6 Å². The predicted molar refractivity (Wildman–Crippen MR) is 75.1 cm³/mol. The van der Waals surface area contributed by atoms with E-state index in [1.807, 2.05) is 24.4 Å². The number of nitrogens with zero attached hydrogens (tertiary/aromatic N) is 1. The molecule has 0 bridgehead atoms. The zero-order chi connectivity index (χ0) is 13.0. The number of benzene rings is 1. The van der Waals surface area contributed by atoms with Gasteiger partial charge in [0.05, 0.1) is 0 Å². The van der Waals surface area contributed by atoms with E-state index >= 15 is 0 Å². The van der Waals surface area contributed by atoms with Gasteiger partial charge in [0.25, 0.3) is 5.91 Å². The van der Waals surface area contributed by atoms with Crippen LogP contribution in [0.5, 0.6) is 0 Å². The Balaban J connectivity index is 2.06. The van der Waals surface area contributed by atoms with E-state index in [0.717, 1.165) is 17.9 Å². The van der Waals surface area contributed by atoms with Crippen molar-refractivity contribution in [2.45, 2.75) is 6.92 Å². The Morgan fingerprint density at radius 1 is 1.50 bits per heavy atom. The molecule has 0 aliphatic carbocycles. The molecule has 1 aromatic heterocycles. The molecule has 0 aliphatic heterocycles. The number of thiazole rings is 1. The number of amides is 1. The van der Waals surface area contributed by atoms with Crippen LogP contribution in [0.25, 0.3) is 0 Å². The molecule has 0 saturated heterocycles. The molecule has 18 heavy (non-hydrogen) atoms. The molecule has 2 rings (SSSR count). The molecule has 0 unspecified atom stereocenters. The molecule has 0 atom stereocenters. The summed E-state index contributed by atoms with van der Waals surface area (Å²) in [5.41, 5.74) is 1.40. The molecule has 4 nitrogen and oxygen atoms in total. The fourth-order valence-corrected chi connectivity index (χ4v) is 2.14. The lowest BCUT2D eigenvalue weighted by Gasteiger charge is -2.02. The van der Waals surface area contributed by atoms with Gasteiger partial charge < -0.3 is 5.32 Å². The highest BCUT2D eigenvalue weighted by Crippen LogP contribution is 2.19. The van der Waals surface area contributed by atoms with E-state index in [0.29, 0.717) is 10.7 Å². The maximum absolute atomic E-state index is 11.9. The van der Waals surface area contributed by atoms with Crippen molar-refractivity contribution in [2.75, 3.05) is 17.2 Å². The van der Waals surface area contributed by atoms with Crippen LogP contribution >= 0.6 is 11.3 Å². The number of aromatic nitrogens is 1. The average molecular weight is 260 g/mol. The molecule has 0 saturated carbocycles. The maximum Gasteiger partial charge on any atom is 0.257 e. The van der Waals surface area contributed by atoms with Crippen LogP contribution in [-0.4, -0.2) is 17.4 Å². The summed E-state index contributed by atoms with van der Waals surface area (Å²) in [5, 5.41) is 8.31. The van der Waals surface area contributed by atoms with E-state index in [9.17, 15) is 4.79 Å². The lowest BCUT2D eigenvalue weighted by atomic mass is 10.1. The van der Waals surface area contributed by atoms with E-state index in [1.54, 1.807) is 12.1 Å². The van der Waals surface area contributed by atoms with Crippen molar-refractivity contribution in [3.05, 3.63) is 47.7 Å². The van der Waals surface area contributed by atoms with Gasteiger partial charge in [-0.3, -0.25) is 10.1 Å². The van der Waals surface area contributed by atoms with Gasteiger partial charge in [-0.2, -0.15) is 0 Å². The molecule has 1 aromatic carbocycles. The summed E-state index contributed by atoms with van der Waals surface area (Å²) < 4.78 is 0. The van der Waals surface area contributed by atoms with E-state index in [1.165, 1.54) is 11.3 Å². The molecule has 0 spiro atoms. The van der Waals surface area contributed by atoms with Crippen LogP contribution in [0.1, 0.15) is 22.8 Å². The van der Waals surface area contributed by atoms with Crippen molar-refractivity contribution in [3.8, 4) is 0 Å². The predicted octanol–water partition coefficient (Wildman–Crippen LogP) is 3.01. The Hall–Kier alpha value is -1.88. The number of hydrogen-bond donors (Lipinski definition) is 2. The third-order valence-electron chi connectivity index (χ3n) is 2.27. The van der Waals surface area contributed by atoms with Crippen molar-refractivity contribution >= 4 is 28.2 Å². The number of anilines is 2. The van der Waals surface area contributed by atoms with Gasteiger partial charge in [-0.1, -0.05) is 12.1 Å². The highest BCUT2D eigenvalue weighted by Gasteiger charge is 2.08. The van der Waals surface area contributed by atoms with E-state index in [-0.39, 0.29) is 5.91 Å². The molecule has 0 aliphatic rings. The SMILES string of the molecule is [CH2]c1cccc(C(=O)Nc2nc(NCC)cs2)c1. The van der Waals surface area contributed by atoms with Crippen molar-refractivity contribution in [1.82, 2.24) is 4.98 Å². The molecule has 93 valence electrons. The molecule has 2 N–H and O–H groups in total. The minimum Gasteiger partial charge on any atom is -0.370 e. The van der Waals surface area contributed by atoms with Gasteiger partial charge in [0, 0.05) is 17.5 Å². The quantitative estimate of drug-likeness (QED) is 0.888. The monoisotopic (exact) mass is 260 g/mol. The van der Waals surface area contributed by atoms with Crippen LogP contribution in [0.3, 0.4) is 0 Å². The minimum absolute atomic E-state index is 0.169. The number of carbonyl (C=O) groups excluding carboxylic acids is 1. The average Bonchev–Trinajstić information content (AvgIpc) is 2.77.